The van der Waals surface area contributed by atoms with E-state index in [1.54, 1.807) is 6.92 Å². The molecule has 0 aliphatic heterocycles. The summed E-state index contributed by atoms with van der Waals surface area (Å²) in [7, 11) is 0. The summed E-state index contributed by atoms with van der Waals surface area (Å²) in [5.74, 6) is 0.524. The highest BCUT2D eigenvalue weighted by molar-refractivity contribution is 6.01. The maximum Gasteiger partial charge on any atom is 0.328 e. The third kappa shape index (κ3) is 2.78. The van der Waals surface area contributed by atoms with Crippen molar-refractivity contribution in [3.05, 3.63) is 23.9 Å². The topological polar surface area (TPSA) is 106 Å². The molecule has 94 valence electrons. The van der Waals surface area contributed by atoms with Crippen LogP contribution in [-0.4, -0.2) is 32.6 Å². The molecular formula is C10H12N6O2. The maximum atomic E-state index is 11.8. The second kappa shape index (κ2) is 5.21. The van der Waals surface area contributed by atoms with Crippen molar-refractivity contribution >= 4 is 17.7 Å². The zero-order chi connectivity index (χ0) is 13.0. The Morgan fingerprint density at radius 2 is 2.22 bits per heavy atom. The second-order valence-corrected chi connectivity index (χ2v) is 3.42. The summed E-state index contributed by atoms with van der Waals surface area (Å²) in [5.41, 5.74) is 0.171. The number of nitrogens with one attached hydrogen (secondary N) is 2. The van der Waals surface area contributed by atoms with Crippen LogP contribution in [0, 0.1) is 6.92 Å². The van der Waals surface area contributed by atoms with Gasteiger partial charge in [-0.05, 0) is 13.8 Å². The first-order valence-corrected chi connectivity index (χ1v) is 5.36. The Bertz CT molecular complexity index is 553. The summed E-state index contributed by atoms with van der Waals surface area (Å²) in [6, 6.07) is 0.0353. The minimum absolute atomic E-state index is 0.0353. The summed E-state index contributed by atoms with van der Waals surface area (Å²) in [6.45, 7) is 4.28. The molecule has 0 bridgehead atoms. The SMILES string of the molecule is CCNc1cncc(C(=O)Nc2nc(C)no2)n1. The number of hydrogen-bond donors (Lipinski definition) is 2. The minimum atomic E-state index is -0.453. The predicted octanol–water partition coefficient (Wildman–Crippen LogP) is 0.852. The van der Waals surface area contributed by atoms with Crippen molar-refractivity contribution in [2.24, 2.45) is 0 Å². The molecule has 8 nitrogen and oxygen atoms in total. The van der Waals surface area contributed by atoms with Gasteiger partial charge in [0.1, 0.15) is 11.5 Å². The number of aromatic nitrogens is 4. The molecule has 0 atom stereocenters. The van der Waals surface area contributed by atoms with E-state index in [9.17, 15) is 4.79 Å². The van der Waals surface area contributed by atoms with Gasteiger partial charge in [-0.25, -0.2) is 4.98 Å². The molecule has 2 N–H and O–H groups in total. The second-order valence-electron chi connectivity index (χ2n) is 3.42. The van der Waals surface area contributed by atoms with Gasteiger partial charge >= 0.3 is 6.01 Å². The first-order valence-electron chi connectivity index (χ1n) is 5.36. The molecule has 8 heteroatoms. The van der Waals surface area contributed by atoms with E-state index in [0.29, 0.717) is 18.2 Å². The van der Waals surface area contributed by atoms with Crippen LogP contribution in [0.25, 0.3) is 0 Å². The molecule has 0 aliphatic carbocycles. The van der Waals surface area contributed by atoms with E-state index < -0.39 is 5.91 Å². The van der Waals surface area contributed by atoms with Crippen LogP contribution < -0.4 is 10.6 Å². The van der Waals surface area contributed by atoms with Gasteiger partial charge < -0.3 is 9.84 Å². The highest BCUT2D eigenvalue weighted by Gasteiger charge is 2.12. The number of aryl methyl sites for hydroxylation is 1. The third-order valence-electron chi connectivity index (χ3n) is 1.97. The monoisotopic (exact) mass is 248 g/mol. The predicted molar refractivity (Wildman–Crippen MR) is 63.2 cm³/mol. The van der Waals surface area contributed by atoms with E-state index in [2.05, 4.69) is 30.7 Å². The van der Waals surface area contributed by atoms with Crippen molar-refractivity contribution in [2.75, 3.05) is 17.2 Å². The number of carbonyl (C=O) groups is 1. The van der Waals surface area contributed by atoms with Gasteiger partial charge in [0, 0.05) is 6.54 Å². The molecule has 0 aromatic carbocycles. The first-order chi connectivity index (χ1) is 8.69. The van der Waals surface area contributed by atoms with Gasteiger partial charge in [0.2, 0.25) is 0 Å². The molecule has 1 amide bonds. The molecule has 2 aromatic heterocycles. The Morgan fingerprint density at radius 3 is 2.89 bits per heavy atom. The van der Waals surface area contributed by atoms with Gasteiger partial charge in [-0.15, -0.1) is 0 Å². The van der Waals surface area contributed by atoms with Crippen LogP contribution in [0.1, 0.15) is 23.2 Å². The zero-order valence-corrected chi connectivity index (χ0v) is 9.97. The fourth-order valence-electron chi connectivity index (χ4n) is 1.25. The normalized spacial score (nSPS) is 10.1. The average Bonchev–Trinajstić information content (AvgIpc) is 2.75. The van der Waals surface area contributed by atoms with Crippen LogP contribution in [-0.2, 0) is 0 Å². The number of carbonyl (C=O) groups excluding carboxylic acids is 1. The Balaban J connectivity index is 2.11. The van der Waals surface area contributed by atoms with Gasteiger partial charge in [-0.2, -0.15) is 4.98 Å². The Morgan fingerprint density at radius 1 is 1.39 bits per heavy atom. The van der Waals surface area contributed by atoms with E-state index in [1.165, 1.54) is 12.4 Å². The fourth-order valence-corrected chi connectivity index (χ4v) is 1.25. The number of rotatable bonds is 4. The molecule has 2 rings (SSSR count). The highest BCUT2D eigenvalue weighted by Crippen LogP contribution is 2.06. The molecule has 0 aliphatic rings. The lowest BCUT2D eigenvalue weighted by Gasteiger charge is -2.03. The number of hydrogen-bond acceptors (Lipinski definition) is 7. The van der Waals surface area contributed by atoms with Crippen molar-refractivity contribution < 1.29 is 9.32 Å². The lowest BCUT2D eigenvalue weighted by Crippen LogP contribution is -2.15. The van der Waals surface area contributed by atoms with Crippen molar-refractivity contribution in [3.8, 4) is 0 Å². The highest BCUT2D eigenvalue weighted by atomic mass is 16.5. The maximum absolute atomic E-state index is 11.8. The van der Waals surface area contributed by atoms with Crippen molar-refractivity contribution in [1.29, 1.82) is 0 Å². The number of nitrogens with zero attached hydrogens (tertiary/aromatic N) is 4. The van der Waals surface area contributed by atoms with Crippen LogP contribution in [0.4, 0.5) is 11.8 Å². The van der Waals surface area contributed by atoms with E-state index in [1.807, 2.05) is 6.92 Å². The van der Waals surface area contributed by atoms with Gasteiger partial charge in [-0.3, -0.25) is 15.1 Å². The molecule has 0 saturated carbocycles. The van der Waals surface area contributed by atoms with Crippen molar-refractivity contribution in [2.45, 2.75) is 13.8 Å². The summed E-state index contributed by atoms with van der Waals surface area (Å²) >= 11 is 0. The quantitative estimate of drug-likeness (QED) is 0.826. The van der Waals surface area contributed by atoms with Gasteiger partial charge in [-0.1, -0.05) is 5.16 Å². The van der Waals surface area contributed by atoms with Crippen LogP contribution in [0.2, 0.25) is 0 Å². The van der Waals surface area contributed by atoms with E-state index in [4.69, 9.17) is 4.52 Å². The third-order valence-corrected chi connectivity index (χ3v) is 1.97. The molecule has 0 fully saturated rings. The summed E-state index contributed by atoms with van der Waals surface area (Å²) < 4.78 is 4.78. The molecule has 0 unspecified atom stereocenters. The number of anilines is 2. The van der Waals surface area contributed by atoms with E-state index >= 15 is 0 Å². The Hall–Kier alpha value is -2.51. The standard InChI is InChI=1S/C10H12N6O2/c1-3-12-8-5-11-4-7(14-8)9(17)15-10-13-6(2)16-18-10/h4-5H,3H2,1-2H3,(H,12,14)(H,13,15,16,17). The van der Waals surface area contributed by atoms with Crippen LogP contribution >= 0.6 is 0 Å². The smallest absolute Gasteiger partial charge is 0.328 e. The summed E-state index contributed by atoms with van der Waals surface area (Å²) in [5, 5.41) is 8.97. The first kappa shape index (κ1) is 12.0. The Labute approximate surface area is 103 Å². The largest absolute Gasteiger partial charge is 0.369 e. The molecule has 0 spiro atoms. The molecular weight excluding hydrogens is 236 g/mol. The molecule has 2 aromatic rings. The lowest BCUT2D eigenvalue weighted by atomic mass is 10.4. The van der Waals surface area contributed by atoms with Crippen molar-refractivity contribution in [1.82, 2.24) is 20.1 Å². The summed E-state index contributed by atoms with van der Waals surface area (Å²) in [6.07, 6.45) is 2.90. The average molecular weight is 248 g/mol. The van der Waals surface area contributed by atoms with Gasteiger partial charge in [0.05, 0.1) is 12.4 Å². The summed E-state index contributed by atoms with van der Waals surface area (Å²) in [4.78, 5) is 23.7. The van der Waals surface area contributed by atoms with Crippen molar-refractivity contribution in [3.63, 3.8) is 0 Å². The molecule has 0 saturated heterocycles. The minimum Gasteiger partial charge on any atom is -0.369 e. The van der Waals surface area contributed by atoms with Crippen LogP contribution in [0.5, 0.6) is 0 Å². The molecule has 18 heavy (non-hydrogen) atoms. The fraction of sp³-hybridized carbons (Fsp3) is 0.300. The Kier molecular flexibility index (Phi) is 3.46. The van der Waals surface area contributed by atoms with E-state index in [-0.39, 0.29) is 11.7 Å². The van der Waals surface area contributed by atoms with Gasteiger partial charge in [0.15, 0.2) is 5.82 Å². The molecule has 2 heterocycles. The van der Waals surface area contributed by atoms with Crippen LogP contribution in [0.3, 0.4) is 0 Å². The number of amides is 1. The zero-order valence-electron chi connectivity index (χ0n) is 9.97. The lowest BCUT2D eigenvalue weighted by molar-refractivity contribution is 0.101. The molecule has 0 radical (unpaired) electrons. The van der Waals surface area contributed by atoms with E-state index in [0.717, 1.165) is 0 Å². The van der Waals surface area contributed by atoms with Gasteiger partial charge in [0.25, 0.3) is 5.91 Å². The van der Waals surface area contributed by atoms with Crippen LogP contribution in [0.15, 0.2) is 16.9 Å².